The van der Waals surface area contributed by atoms with Crippen molar-refractivity contribution in [1.29, 1.82) is 0 Å². The van der Waals surface area contributed by atoms with E-state index < -0.39 is 0 Å². The van der Waals surface area contributed by atoms with Gasteiger partial charge in [0.2, 0.25) is 0 Å². The largest absolute Gasteiger partial charge is 0.508 e. The fourth-order valence-corrected chi connectivity index (χ4v) is 4.01. The molecule has 0 radical (unpaired) electrons. The van der Waals surface area contributed by atoms with E-state index in [-0.39, 0.29) is 5.75 Å². The quantitative estimate of drug-likeness (QED) is 0.493. The van der Waals surface area contributed by atoms with E-state index in [0.29, 0.717) is 5.82 Å². The number of aromatic nitrogens is 3. The molecule has 124 valence electrons. The van der Waals surface area contributed by atoms with Gasteiger partial charge in [-0.25, -0.2) is 4.98 Å². The fraction of sp³-hybridized carbons (Fsp3) is 0.200. The lowest BCUT2D eigenvalue weighted by Crippen LogP contribution is -2.08. The minimum Gasteiger partial charge on any atom is -0.508 e. The molecular formula is C20H18N4O. The maximum atomic E-state index is 9.59. The number of benzene rings is 2. The van der Waals surface area contributed by atoms with Crippen molar-refractivity contribution in [3.05, 3.63) is 47.5 Å². The first kappa shape index (κ1) is 14.3. The van der Waals surface area contributed by atoms with Crippen LogP contribution in [-0.4, -0.2) is 20.3 Å². The molecule has 2 aromatic carbocycles. The molecule has 5 nitrogen and oxygen atoms in total. The summed E-state index contributed by atoms with van der Waals surface area (Å²) in [6, 6.07) is 11.3. The van der Waals surface area contributed by atoms with Crippen LogP contribution in [0.25, 0.3) is 33.1 Å². The molecule has 4 N–H and O–H groups in total. The number of phenols is 1. The standard InChI is InChI=1S/C20H18N4O/c21-20-18-16(23-24-20)10-9-15-17(18)13-3-1-2-4-14(13)19(22-15)11-5-7-12(25)8-6-11/h5-10,25H,1-4H2,(H3,21,23,24). The zero-order chi connectivity index (χ0) is 17.0. The molecule has 4 aromatic rings. The van der Waals surface area contributed by atoms with Gasteiger partial charge < -0.3 is 10.8 Å². The number of nitrogens with zero attached hydrogens (tertiary/aromatic N) is 2. The van der Waals surface area contributed by atoms with E-state index in [1.54, 1.807) is 12.1 Å². The molecule has 0 unspecified atom stereocenters. The first-order chi connectivity index (χ1) is 12.2. The fourth-order valence-electron chi connectivity index (χ4n) is 4.01. The van der Waals surface area contributed by atoms with Crippen LogP contribution < -0.4 is 5.73 Å². The van der Waals surface area contributed by atoms with Gasteiger partial charge in [0.25, 0.3) is 0 Å². The van der Waals surface area contributed by atoms with Gasteiger partial charge in [0, 0.05) is 10.9 Å². The Balaban J connectivity index is 1.90. The van der Waals surface area contributed by atoms with E-state index in [0.717, 1.165) is 45.9 Å². The summed E-state index contributed by atoms with van der Waals surface area (Å²) in [5.74, 6) is 0.804. The lowest BCUT2D eigenvalue weighted by molar-refractivity contribution is 0.475. The van der Waals surface area contributed by atoms with E-state index in [1.165, 1.54) is 24.0 Å². The second kappa shape index (κ2) is 5.21. The number of hydrogen-bond donors (Lipinski definition) is 3. The molecule has 0 fully saturated rings. The number of aryl methyl sites for hydroxylation is 1. The molecular weight excluding hydrogens is 312 g/mol. The number of H-pyrrole nitrogens is 1. The Morgan fingerprint density at radius 1 is 0.920 bits per heavy atom. The second-order valence-electron chi connectivity index (χ2n) is 6.66. The molecule has 0 aliphatic heterocycles. The zero-order valence-electron chi connectivity index (χ0n) is 13.7. The summed E-state index contributed by atoms with van der Waals surface area (Å²) in [6.45, 7) is 0. The third-order valence-corrected chi connectivity index (χ3v) is 5.16. The molecule has 0 amide bonds. The number of rotatable bonds is 1. The van der Waals surface area contributed by atoms with Crippen molar-refractivity contribution in [1.82, 2.24) is 15.2 Å². The minimum atomic E-state index is 0.270. The van der Waals surface area contributed by atoms with Crippen LogP contribution in [0.4, 0.5) is 5.82 Å². The minimum absolute atomic E-state index is 0.270. The summed E-state index contributed by atoms with van der Waals surface area (Å²) in [4.78, 5) is 4.98. The molecule has 0 spiro atoms. The SMILES string of the molecule is Nc1n[nH]c2ccc3nc(-c4ccc(O)cc4)c4c(c3c12)CCCC4. The Morgan fingerprint density at radius 3 is 2.48 bits per heavy atom. The van der Waals surface area contributed by atoms with Crippen LogP contribution in [0.1, 0.15) is 24.0 Å². The van der Waals surface area contributed by atoms with E-state index in [1.807, 2.05) is 24.3 Å². The van der Waals surface area contributed by atoms with Crippen molar-refractivity contribution in [2.45, 2.75) is 25.7 Å². The van der Waals surface area contributed by atoms with Gasteiger partial charge in [0.1, 0.15) is 5.75 Å². The van der Waals surface area contributed by atoms with Crippen LogP contribution in [0.5, 0.6) is 5.75 Å². The predicted molar refractivity (Wildman–Crippen MR) is 99.5 cm³/mol. The average Bonchev–Trinajstić information content (AvgIpc) is 3.03. The Hall–Kier alpha value is -3.08. The van der Waals surface area contributed by atoms with E-state index in [2.05, 4.69) is 10.2 Å². The summed E-state index contributed by atoms with van der Waals surface area (Å²) in [6.07, 6.45) is 4.39. The molecule has 0 saturated carbocycles. The van der Waals surface area contributed by atoms with Gasteiger partial charge in [-0.15, -0.1) is 0 Å². The number of nitrogens with two attached hydrogens (primary N) is 1. The molecule has 1 aliphatic rings. The monoisotopic (exact) mass is 330 g/mol. The number of aromatic amines is 1. The number of nitrogen functional groups attached to an aromatic ring is 1. The number of aromatic hydroxyl groups is 1. The topological polar surface area (TPSA) is 87.8 Å². The summed E-state index contributed by atoms with van der Waals surface area (Å²) in [5, 5.41) is 18.9. The molecule has 25 heavy (non-hydrogen) atoms. The maximum absolute atomic E-state index is 9.59. The molecule has 5 heteroatoms. The molecule has 2 heterocycles. The van der Waals surface area contributed by atoms with Crippen LogP contribution in [0.2, 0.25) is 0 Å². The lowest BCUT2D eigenvalue weighted by Gasteiger charge is -2.22. The molecule has 0 bridgehead atoms. The van der Waals surface area contributed by atoms with Crippen LogP contribution in [-0.2, 0) is 12.8 Å². The number of fused-ring (bicyclic) bond motifs is 5. The van der Waals surface area contributed by atoms with Gasteiger partial charge in [-0.05, 0) is 73.2 Å². The lowest BCUT2D eigenvalue weighted by atomic mass is 9.85. The smallest absolute Gasteiger partial charge is 0.153 e. The molecule has 1 aliphatic carbocycles. The highest BCUT2D eigenvalue weighted by molar-refractivity contribution is 6.12. The summed E-state index contributed by atoms with van der Waals surface area (Å²) < 4.78 is 0. The van der Waals surface area contributed by atoms with Crippen molar-refractivity contribution in [3.8, 4) is 17.0 Å². The summed E-state index contributed by atoms with van der Waals surface area (Å²) >= 11 is 0. The summed E-state index contributed by atoms with van der Waals surface area (Å²) in [5.41, 5.74) is 12.8. The van der Waals surface area contributed by atoms with Gasteiger partial charge in [-0.1, -0.05) is 0 Å². The average molecular weight is 330 g/mol. The van der Waals surface area contributed by atoms with E-state index in [9.17, 15) is 5.11 Å². The molecule has 0 atom stereocenters. The van der Waals surface area contributed by atoms with Gasteiger partial charge in [-0.3, -0.25) is 5.10 Å². The third-order valence-electron chi connectivity index (χ3n) is 5.16. The van der Waals surface area contributed by atoms with Crippen LogP contribution in [0, 0.1) is 0 Å². The Labute approximate surface area is 144 Å². The van der Waals surface area contributed by atoms with Gasteiger partial charge in [0.15, 0.2) is 5.82 Å². The van der Waals surface area contributed by atoms with Gasteiger partial charge >= 0.3 is 0 Å². The number of anilines is 1. The highest BCUT2D eigenvalue weighted by atomic mass is 16.3. The second-order valence-corrected chi connectivity index (χ2v) is 6.66. The Morgan fingerprint density at radius 2 is 1.68 bits per heavy atom. The number of phenolic OH excluding ortho intramolecular Hbond substituents is 1. The summed E-state index contributed by atoms with van der Waals surface area (Å²) in [7, 11) is 0. The molecule has 0 saturated heterocycles. The van der Waals surface area contributed by atoms with E-state index in [4.69, 9.17) is 10.7 Å². The zero-order valence-corrected chi connectivity index (χ0v) is 13.7. The third kappa shape index (κ3) is 2.09. The van der Waals surface area contributed by atoms with Crippen LogP contribution in [0.15, 0.2) is 36.4 Å². The first-order valence-electron chi connectivity index (χ1n) is 8.60. The highest BCUT2D eigenvalue weighted by Crippen LogP contribution is 2.39. The van der Waals surface area contributed by atoms with Crippen molar-refractivity contribution in [2.24, 2.45) is 0 Å². The first-order valence-corrected chi connectivity index (χ1v) is 8.60. The van der Waals surface area contributed by atoms with E-state index >= 15 is 0 Å². The van der Waals surface area contributed by atoms with Crippen molar-refractivity contribution in [2.75, 3.05) is 5.73 Å². The number of pyridine rings is 1. The van der Waals surface area contributed by atoms with Crippen LogP contribution >= 0.6 is 0 Å². The van der Waals surface area contributed by atoms with Gasteiger partial charge in [0.05, 0.1) is 22.1 Å². The van der Waals surface area contributed by atoms with Gasteiger partial charge in [-0.2, -0.15) is 5.10 Å². The Bertz CT molecular complexity index is 1110. The van der Waals surface area contributed by atoms with Crippen LogP contribution in [0.3, 0.4) is 0 Å². The van der Waals surface area contributed by atoms with Crippen molar-refractivity contribution < 1.29 is 5.11 Å². The normalized spacial score (nSPS) is 14.1. The molecule has 2 aromatic heterocycles. The number of nitrogens with one attached hydrogen (secondary N) is 1. The predicted octanol–water partition coefficient (Wildman–Crippen LogP) is 3.94. The Kier molecular flexibility index (Phi) is 2.98. The number of hydrogen-bond acceptors (Lipinski definition) is 4. The maximum Gasteiger partial charge on any atom is 0.153 e. The van der Waals surface area contributed by atoms with Crippen molar-refractivity contribution in [3.63, 3.8) is 0 Å². The molecule has 5 rings (SSSR count). The highest BCUT2D eigenvalue weighted by Gasteiger charge is 2.22. The van der Waals surface area contributed by atoms with Crippen molar-refractivity contribution >= 4 is 27.6 Å².